The number of nitrogens with zero attached hydrogens (tertiary/aromatic N) is 1. The maximum Gasteiger partial charge on any atom is 0.336 e. The smallest absolute Gasteiger partial charge is 0.336 e. The monoisotopic (exact) mass is 553 g/mol. The molecule has 2 amide bonds. The summed E-state index contributed by atoms with van der Waals surface area (Å²) in [7, 11) is 0. The van der Waals surface area contributed by atoms with E-state index in [0.717, 1.165) is 0 Å². The molecule has 1 aromatic heterocycles. The predicted octanol–water partition coefficient (Wildman–Crippen LogP) is 3.07. The van der Waals surface area contributed by atoms with Crippen molar-refractivity contribution in [1.29, 1.82) is 0 Å². The zero-order valence-electron chi connectivity index (χ0n) is 18.7. The summed E-state index contributed by atoms with van der Waals surface area (Å²) in [6.07, 6.45) is 4.64. The zero-order valence-corrected chi connectivity index (χ0v) is 20.3. The average molecular weight is 554 g/mol. The first-order valence-electron chi connectivity index (χ1n) is 10.7. The van der Waals surface area contributed by atoms with Crippen LogP contribution >= 0.6 is 15.9 Å². The number of rotatable bonds is 8. The molecule has 0 bridgehead atoms. The molecule has 0 saturated carbocycles. The number of fused-ring (bicyclic) bond motifs is 1. The van der Waals surface area contributed by atoms with Crippen LogP contribution in [0.1, 0.15) is 11.3 Å². The van der Waals surface area contributed by atoms with E-state index in [1.807, 2.05) is 0 Å². The van der Waals surface area contributed by atoms with Gasteiger partial charge in [-0.3, -0.25) is 9.59 Å². The minimum atomic E-state index is -0.878. The van der Waals surface area contributed by atoms with Crippen LogP contribution in [-0.2, 0) is 14.4 Å². The van der Waals surface area contributed by atoms with Crippen molar-refractivity contribution < 1.29 is 33.0 Å². The van der Waals surface area contributed by atoms with Gasteiger partial charge in [-0.15, -0.1) is 0 Å². The maximum absolute atomic E-state index is 12.3. The number of carbonyl (C=O) groups excluding carboxylic acids is 3. The lowest BCUT2D eigenvalue weighted by molar-refractivity contribution is -0.132. The molecule has 0 saturated heterocycles. The fourth-order valence-electron chi connectivity index (χ4n) is 3.04. The molecule has 11 heteroatoms. The minimum Gasteiger partial charge on any atom is -0.485 e. The second-order valence-electron chi connectivity index (χ2n) is 7.33. The molecule has 4 rings (SSSR count). The minimum absolute atomic E-state index is 0.0315. The van der Waals surface area contributed by atoms with Crippen LogP contribution in [-0.4, -0.2) is 43.3 Å². The number of benzene rings is 2. The van der Waals surface area contributed by atoms with Crippen LogP contribution in [0, 0.1) is 0 Å². The number of furan rings is 1. The van der Waals surface area contributed by atoms with Crippen LogP contribution in [0.3, 0.4) is 0 Å². The summed E-state index contributed by atoms with van der Waals surface area (Å²) < 4.78 is 22.3. The molecule has 0 spiro atoms. The van der Waals surface area contributed by atoms with Gasteiger partial charge < -0.3 is 23.9 Å². The number of nitrogens with one attached hydrogen (secondary N) is 2. The van der Waals surface area contributed by atoms with Crippen molar-refractivity contribution in [3.63, 3.8) is 0 Å². The maximum atomic E-state index is 12.3. The Morgan fingerprint density at radius 2 is 1.94 bits per heavy atom. The lowest BCUT2D eigenvalue weighted by Gasteiger charge is -2.25. The van der Waals surface area contributed by atoms with E-state index in [0.29, 0.717) is 27.3 Å². The van der Waals surface area contributed by atoms with Gasteiger partial charge in [0.25, 0.3) is 11.8 Å². The van der Waals surface area contributed by atoms with Gasteiger partial charge in [0.1, 0.15) is 18.1 Å². The number of halogens is 1. The molecule has 0 radical (unpaired) electrons. The van der Waals surface area contributed by atoms with E-state index in [1.165, 1.54) is 24.6 Å². The molecule has 2 heterocycles. The van der Waals surface area contributed by atoms with Gasteiger partial charge in [-0.05, 0) is 48.5 Å². The van der Waals surface area contributed by atoms with Gasteiger partial charge >= 0.3 is 5.97 Å². The summed E-state index contributed by atoms with van der Waals surface area (Å²) >= 11 is 3.34. The Kier molecular flexibility index (Phi) is 8.14. The first-order chi connectivity index (χ1) is 17.5. The molecule has 1 unspecified atom stereocenters. The van der Waals surface area contributed by atoms with E-state index in [2.05, 4.69) is 31.8 Å². The Bertz CT molecular complexity index is 1300. The van der Waals surface area contributed by atoms with Crippen LogP contribution in [0.15, 0.2) is 80.9 Å². The highest BCUT2D eigenvalue weighted by molar-refractivity contribution is 9.10. The van der Waals surface area contributed by atoms with Crippen molar-refractivity contribution in [3.05, 3.63) is 82.7 Å². The molecule has 1 aliphatic heterocycles. The van der Waals surface area contributed by atoms with E-state index in [1.54, 1.807) is 54.6 Å². The molecule has 1 aliphatic rings. The third-order valence-corrected chi connectivity index (χ3v) is 5.22. The van der Waals surface area contributed by atoms with Crippen molar-refractivity contribution >= 4 is 46.0 Å². The SMILES string of the molecule is O=C(CNC(=O)C1COc2ccccc2O1)N/N=C/c1cc(Br)ccc1OC(=O)/C=C\c1ccco1. The van der Waals surface area contributed by atoms with Crippen molar-refractivity contribution in [3.8, 4) is 17.2 Å². The van der Waals surface area contributed by atoms with Crippen LogP contribution in [0.5, 0.6) is 17.2 Å². The quantitative estimate of drug-likeness (QED) is 0.144. The van der Waals surface area contributed by atoms with Crippen molar-refractivity contribution in [1.82, 2.24) is 10.7 Å². The number of hydrogen-bond donors (Lipinski definition) is 2. The zero-order chi connectivity index (χ0) is 25.3. The van der Waals surface area contributed by atoms with E-state index < -0.39 is 23.9 Å². The second-order valence-corrected chi connectivity index (χ2v) is 8.24. The standard InChI is InChI=1S/C25H20BrN3O7/c26-17-7-9-19(36-24(31)10-8-18-4-3-11-33-18)16(12-17)13-28-29-23(30)14-27-25(32)22-15-34-20-5-1-2-6-21(20)35-22/h1-13,22H,14-15H2,(H,27,32)(H,29,30)/b10-8-,28-13+. The Hall–Kier alpha value is -4.38. The average Bonchev–Trinajstić information content (AvgIpc) is 3.41. The van der Waals surface area contributed by atoms with Crippen LogP contribution in [0.25, 0.3) is 6.08 Å². The molecule has 0 fully saturated rings. The van der Waals surface area contributed by atoms with Crippen molar-refractivity contribution in [2.24, 2.45) is 5.10 Å². The molecule has 36 heavy (non-hydrogen) atoms. The van der Waals surface area contributed by atoms with Crippen molar-refractivity contribution in [2.75, 3.05) is 13.2 Å². The molecule has 2 N–H and O–H groups in total. The summed E-state index contributed by atoms with van der Waals surface area (Å²) in [6, 6.07) is 15.3. The fraction of sp³-hybridized carbons (Fsp3) is 0.120. The highest BCUT2D eigenvalue weighted by atomic mass is 79.9. The third kappa shape index (κ3) is 6.83. The van der Waals surface area contributed by atoms with E-state index in [-0.39, 0.29) is 18.9 Å². The lowest BCUT2D eigenvalue weighted by Crippen LogP contribution is -2.46. The molecule has 1 atom stereocenters. The topological polar surface area (TPSA) is 128 Å². The first kappa shape index (κ1) is 24.7. The summed E-state index contributed by atoms with van der Waals surface area (Å²) in [4.78, 5) is 36.6. The number of carbonyl (C=O) groups is 3. The van der Waals surface area contributed by atoms with Crippen LogP contribution < -0.4 is 25.0 Å². The lowest BCUT2D eigenvalue weighted by atomic mass is 10.2. The van der Waals surface area contributed by atoms with Gasteiger partial charge in [0, 0.05) is 16.1 Å². The predicted molar refractivity (Wildman–Crippen MR) is 133 cm³/mol. The number of ether oxygens (including phenoxy) is 3. The largest absolute Gasteiger partial charge is 0.485 e. The van der Waals surface area contributed by atoms with E-state index in [9.17, 15) is 14.4 Å². The number of amides is 2. The normalized spacial score (nSPS) is 14.5. The molecule has 10 nitrogen and oxygen atoms in total. The van der Waals surface area contributed by atoms with Crippen LogP contribution in [0.4, 0.5) is 0 Å². The fourth-order valence-corrected chi connectivity index (χ4v) is 3.41. The van der Waals surface area contributed by atoms with Gasteiger partial charge in [-0.2, -0.15) is 5.10 Å². The number of para-hydroxylation sites is 2. The molecular formula is C25H20BrN3O7. The second kappa shape index (κ2) is 11.8. The number of hydrazone groups is 1. The van der Waals surface area contributed by atoms with Gasteiger partial charge in [0.05, 0.1) is 19.0 Å². The van der Waals surface area contributed by atoms with Crippen molar-refractivity contribution in [2.45, 2.75) is 6.10 Å². The number of esters is 1. The van der Waals surface area contributed by atoms with E-state index >= 15 is 0 Å². The molecular weight excluding hydrogens is 534 g/mol. The molecule has 2 aromatic carbocycles. The van der Waals surface area contributed by atoms with Gasteiger partial charge in [-0.25, -0.2) is 10.2 Å². The molecule has 184 valence electrons. The Balaban J connectivity index is 1.27. The van der Waals surface area contributed by atoms with Gasteiger partial charge in [0.15, 0.2) is 11.5 Å². The number of hydrogen-bond acceptors (Lipinski definition) is 8. The first-order valence-corrected chi connectivity index (χ1v) is 11.5. The summed E-state index contributed by atoms with van der Waals surface area (Å²) in [6.45, 7) is -0.292. The Morgan fingerprint density at radius 1 is 1.11 bits per heavy atom. The van der Waals surface area contributed by atoms with Gasteiger partial charge in [0.2, 0.25) is 6.10 Å². The van der Waals surface area contributed by atoms with Crippen LogP contribution in [0.2, 0.25) is 0 Å². The Labute approximate surface area is 214 Å². The molecule has 0 aliphatic carbocycles. The Morgan fingerprint density at radius 3 is 2.75 bits per heavy atom. The highest BCUT2D eigenvalue weighted by Gasteiger charge is 2.27. The third-order valence-electron chi connectivity index (χ3n) is 4.73. The molecule has 3 aromatic rings. The highest BCUT2D eigenvalue weighted by Crippen LogP contribution is 2.30. The summed E-state index contributed by atoms with van der Waals surface area (Å²) in [5.41, 5.74) is 2.74. The van der Waals surface area contributed by atoms with Gasteiger partial charge in [-0.1, -0.05) is 28.1 Å². The summed E-state index contributed by atoms with van der Waals surface area (Å²) in [5, 5.41) is 6.36. The van der Waals surface area contributed by atoms with E-state index in [4.69, 9.17) is 18.6 Å². The summed E-state index contributed by atoms with van der Waals surface area (Å²) in [5.74, 6) is 0.0745.